The maximum atomic E-state index is 13.1. The molecule has 6 atom stereocenters. The van der Waals surface area contributed by atoms with E-state index in [1.807, 2.05) is 13.8 Å². The number of methoxy groups -OCH3 is 1. The van der Waals surface area contributed by atoms with Crippen molar-refractivity contribution in [2.24, 2.45) is 11.8 Å². The quantitative estimate of drug-likeness (QED) is 0.119. The maximum Gasteiger partial charge on any atom is 0.339 e. The van der Waals surface area contributed by atoms with E-state index in [1.165, 1.54) is 6.92 Å². The van der Waals surface area contributed by atoms with Gasteiger partial charge in [0.05, 0.1) is 13.2 Å². The highest BCUT2D eigenvalue weighted by Crippen LogP contribution is 2.55. The van der Waals surface area contributed by atoms with Crippen molar-refractivity contribution >= 4 is 17.9 Å². The van der Waals surface area contributed by atoms with Crippen LogP contribution in [0.4, 0.5) is 0 Å². The van der Waals surface area contributed by atoms with Crippen molar-refractivity contribution in [2.75, 3.05) is 27.1 Å². The van der Waals surface area contributed by atoms with Crippen molar-refractivity contribution in [3.63, 3.8) is 0 Å². The minimum atomic E-state index is -1.23. The zero-order chi connectivity index (χ0) is 26.0. The number of fused-ring (bicyclic) bond motifs is 3. The summed E-state index contributed by atoms with van der Waals surface area (Å²) in [6.45, 7) is 11.1. The van der Waals surface area contributed by atoms with Crippen molar-refractivity contribution in [2.45, 2.75) is 84.2 Å². The molecule has 0 radical (unpaired) electrons. The normalized spacial score (nSPS) is 34.7. The Morgan fingerprint density at radius 1 is 1.20 bits per heavy atom. The van der Waals surface area contributed by atoms with E-state index in [0.29, 0.717) is 38.0 Å². The molecule has 9 heteroatoms. The predicted molar refractivity (Wildman–Crippen MR) is 125 cm³/mol. The number of carbonyl (C=O) groups excluding carboxylic acids is 3. The summed E-state index contributed by atoms with van der Waals surface area (Å²) >= 11 is 0. The third-order valence-electron chi connectivity index (χ3n) is 7.73. The average molecular weight is 495 g/mol. The lowest BCUT2D eigenvalue weighted by Gasteiger charge is -2.35. The topological polar surface area (TPSA) is 107 Å². The van der Waals surface area contributed by atoms with Gasteiger partial charge in [-0.15, -0.1) is 0 Å². The smallest absolute Gasteiger partial charge is 0.339 e. The highest BCUT2D eigenvalue weighted by atomic mass is 16.7. The minimum absolute atomic E-state index is 0.0796. The first kappa shape index (κ1) is 27.4. The van der Waals surface area contributed by atoms with Gasteiger partial charge in [0, 0.05) is 31.4 Å². The SMILES string of the molecule is C/C=C(\C)C(=O)O[C@H]1C[C@@H]2C(=C1C)[C@H]1OC(=O)[C@](C)(OCOCCOC)[C@@H]1CC[C@@]2(C)OC(C)=O. The lowest BCUT2D eigenvalue weighted by Crippen LogP contribution is -2.43. The molecule has 3 rings (SSSR count). The van der Waals surface area contributed by atoms with Crippen LogP contribution in [0.5, 0.6) is 0 Å². The molecule has 0 spiro atoms. The third kappa shape index (κ3) is 5.32. The molecule has 2 aliphatic carbocycles. The van der Waals surface area contributed by atoms with Gasteiger partial charge >= 0.3 is 17.9 Å². The largest absolute Gasteiger partial charge is 0.459 e. The number of rotatable bonds is 9. The van der Waals surface area contributed by atoms with Gasteiger partial charge in [-0.2, -0.15) is 0 Å². The van der Waals surface area contributed by atoms with E-state index in [2.05, 4.69) is 0 Å². The number of carbonyl (C=O) groups is 3. The van der Waals surface area contributed by atoms with Gasteiger partial charge in [0.25, 0.3) is 0 Å². The fraction of sp³-hybridized carbons (Fsp3) is 0.731. The minimum Gasteiger partial charge on any atom is -0.459 e. The van der Waals surface area contributed by atoms with Gasteiger partial charge in [-0.3, -0.25) is 4.79 Å². The summed E-state index contributed by atoms with van der Waals surface area (Å²) in [4.78, 5) is 37.7. The van der Waals surface area contributed by atoms with E-state index < -0.39 is 35.3 Å². The zero-order valence-corrected chi connectivity index (χ0v) is 21.8. The van der Waals surface area contributed by atoms with Crippen LogP contribution in [0.3, 0.4) is 0 Å². The molecule has 1 saturated heterocycles. The number of allylic oxidation sites excluding steroid dienone is 1. The van der Waals surface area contributed by atoms with Gasteiger partial charge in [0.15, 0.2) is 5.60 Å². The number of hydrogen-bond acceptors (Lipinski definition) is 9. The first-order valence-electron chi connectivity index (χ1n) is 12.1. The fourth-order valence-corrected chi connectivity index (χ4v) is 5.52. The van der Waals surface area contributed by atoms with Gasteiger partial charge in [0.2, 0.25) is 0 Å². The lowest BCUT2D eigenvalue weighted by atomic mass is 9.81. The summed E-state index contributed by atoms with van der Waals surface area (Å²) in [6, 6.07) is 0. The van der Waals surface area contributed by atoms with Crippen LogP contribution in [0.15, 0.2) is 22.8 Å². The molecule has 2 fully saturated rings. The summed E-state index contributed by atoms with van der Waals surface area (Å²) in [5, 5.41) is 0. The van der Waals surface area contributed by atoms with Crippen LogP contribution in [0.2, 0.25) is 0 Å². The predicted octanol–water partition coefficient (Wildman–Crippen LogP) is 3.25. The van der Waals surface area contributed by atoms with Crippen molar-refractivity contribution in [3.05, 3.63) is 22.8 Å². The number of esters is 3. The van der Waals surface area contributed by atoms with Gasteiger partial charge in [0.1, 0.15) is 24.6 Å². The molecule has 3 aliphatic rings. The van der Waals surface area contributed by atoms with E-state index >= 15 is 0 Å². The van der Waals surface area contributed by atoms with Crippen LogP contribution in [-0.4, -0.2) is 68.4 Å². The molecule has 0 bridgehead atoms. The molecule has 0 unspecified atom stereocenters. The Hall–Kier alpha value is -2.23. The second-order valence-electron chi connectivity index (χ2n) is 9.94. The molecule has 0 N–H and O–H groups in total. The van der Waals surface area contributed by atoms with Crippen LogP contribution < -0.4 is 0 Å². The van der Waals surface area contributed by atoms with Gasteiger partial charge < -0.3 is 28.4 Å². The van der Waals surface area contributed by atoms with E-state index in [9.17, 15) is 14.4 Å². The van der Waals surface area contributed by atoms with Crippen LogP contribution >= 0.6 is 0 Å². The van der Waals surface area contributed by atoms with Gasteiger partial charge in [-0.1, -0.05) is 6.08 Å². The molecule has 0 amide bonds. The van der Waals surface area contributed by atoms with Crippen LogP contribution in [-0.2, 0) is 42.8 Å². The Morgan fingerprint density at radius 3 is 2.54 bits per heavy atom. The number of hydrogen-bond donors (Lipinski definition) is 0. The molecular formula is C26H38O9. The first-order chi connectivity index (χ1) is 16.5. The first-order valence-corrected chi connectivity index (χ1v) is 12.1. The highest BCUT2D eigenvalue weighted by molar-refractivity contribution is 5.88. The van der Waals surface area contributed by atoms with Crippen molar-refractivity contribution in [1.82, 2.24) is 0 Å². The molecule has 1 aliphatic heterocycles. The van der Waals surface area contributed by atoms with Crippen LogP contribution in [0.1, 0.15) is 60.8 Å². The van der Waals surface area contributed by atoms with Crippen LogP contribution in [0.25, 0.3) is 0 Å². The second-order valence-corrected chi connectivity index (χ2v) is 9.94. The maximum absolute atomic E-state index is 13.1. The molecule has 0 aromatic carbocycles. The highest BCUT2D eigenvalue weighted by Gasteiger charge is 2.62. The van der Waals surface area contributed by atoms with Gasteiger partial charge in [-0.25, -0.2) is 9.59 Å². The Labute approximate surface area is 207 Å². The summed E-state index contributed by atoms with van der Waals surface area (Å²) in [7, 11) is 1.58. The van der Waals surface area contributed by atoms with E-state index in [0.717, 1.165) is 11.1 Å². The van der Waals surface area contributed by atoms with E-state index in [4.69, 9.17) is 28.4 Å². The molecule has 1 heterocycles. The molecule has 9 nitrogen and oxygen atoms in total. The Balaban J connectivity index is 1.95. The van der Waals surface area contributed by atoms with Crippen molar-refractivity contribution < 1.29 is 42.8 Å². The standard InChI is InChI=1S/C26H38O9/c1-8-15(2)23(28)33-20-13-19-21(16(20)3)22-18(9-10-25(19,5)35-17(4)27)26(6,24(29)34-22)32-14-31-12-11-30-7/h8,18-20,22H,9-14H2,1-7H3/b15-8+/t18-,19-,20+,22+,25-,26-/m1/s1. The summed E-state index contributed by atoms with van der Waals surface area (Å²) in [6.07, 6.45) is 2.13. The molecular weight excluding hydrogens is 456 g/mol. The monoisotopic (exact) mass is 494 g/mol. The Bertz CT molecular complexity index is 906. The zero-order valence-electron chi connectivity index (χ0n) is 21.8. The van der Waals surface area contributed by atoms with Crippen LogP contribution in [0, 0.1) is 11.8 Å². The second kappa shape index (κ2) is 10.8. The van der Waals surface area contributed by atoms with Crippen molar-refractivity contribution in [3.8, 4) is 0 Å². The molecule has 1 saturated carbocycles. The lowest BCUT2D eigenvalue weighted by molar-refractivity contribution is -0.180. The van der Waals surface area contributed by atoms with Gasteiger partial charge in [-0.05, 0) is 65.0 Å². The molecule has 196 valence electrons. The molecule has 0 aromatic rings. The van der Waals surface area contributed by atoms with Crippen molar-refractivity contribution in [1.29, 1.82) is 0 Å². The number of ether oxygens (including phenoxy) is 6. The molecule has 35 heavy (non-hydrogen) atoms. The van der Waals surface area contributed by atoms with E-state index in [-0.39, 0.29) is 24.6 Å². The summed E-state index contributed by atoms with van der Waals surface area (Å²) in [5.74, 6) is -1.83. The average Bonchev–Trinajstić information content (AvgIpc) is 3.20. The Morgan fingerprint density at radius 2 is 1.91 bits per heavy atom. The Kier molecular flexibility index (Phi) is 8.44. The fourth-order valence-electron chi connectivity index (χ4n) is 5.52. The summed E-state index contributed by atoms with van der Waals surface area (Å²) in [5.41, 5.74) is 0.125. The van der Waals surface area contributed by atoms with E-state index in [1.54, 1.807) is 34.0 Å². The molecule has 0 aromatic heterocycles. The summed E-state index contributed by atoms with van der Waals surface area (Å²) < 4.78 is 34.1. The third-order valence-corrected chi connectivity index (χ3v) is 7.73.